The van der Waals surface area contributed by atoms with Crippen molar-refractivity contribution in [2.75, 3.05) is 13.7 Å². The molecule has 1 fully saturated rings. The first-order valence-corrected chi connectivity index (χ1v) is 11.2. The smallest absolute Gasteiger partial charge is 0.254 e. The van der Waals surface area contributed by atoms with Crippen molar-refractivity contribution in [1.29, 1.82) is 0 Å². The summed E-state index contributed by atoms with van der Waals surface area (Å²) in [4.78, 5) is 15.1. The maximum atomic E-state index is 13.4. The molecule has 8 nitrogen and oxygen atoms in total. The van der Waals surface area contributed by atoms with Crippen LogP contribution in [0.4, 0.5) is 0 Å². The van der Waals surface area contributed by atoms with Gasteiger partial charge in [-0.15, -0.1) is 0 Å². The molecule has 1 saturated heterocycles. The van der Waals surface area contributed by atoms with Gasteiger partial charge in [0.1, 0.15) is 9.45 Å². The number of β-amino-alcohol motifs (C(OH)–C–C–N with tert-alkyl or cyclic N) is 1. The first-order valence-electron chi connectivity index (χ1n) is 10.1. The fourth-order valence-corrected chi connectivity index (χ4v) is 4.62. The Labute approximate surface area is 199 Å². The lowest BCUT2D eigenvalue weighted by Crippen LogP contribution is -2.36. The number of benzene rings is 1. The van der Waals surface area contributed by atoms with Crippen LogP contribution in [0.1, 0.15) is 28.0 Å². The van der Waals surface area contributed by atoms with Crippen molar-refractivity contribution < 1.29 is 14.6 Å². The van der Waals surface area contributed by atoms with E-state index in [2.05, 4.69) is 49.6 Å². The van der Waals surface area contributed by atoms with Gasteiger partial charge >= 0.3 is 0 Å². The van der Waals surface area contributed by atoms with E-state index in [9.17, 15) is 9.90 Å². The monoisotopic (exact) mass is 545 g/mol. The SMILES string of the molecule is C=C(/C=C\c1c(I)n[nH]c1C)[C@H]1CC(O)CN1C(=O)c1ccc(-c2cn[nH]c2)c(OC)c1. The maximum Gasteiger partial charge on any atom is 0.254 e. The average Bonchev–Trinajstić information content (AvgIpc) is 3.52. The van der Waals surface area contributed by atoms with E-state index in [1.165, 1.54) is 0 Å². The molecule has 166 valence electrons. The number of hydrogen-bond donors (Lipinski definition) is 3. The van der Waals surface area contributed by atoms with Gasteiger partial charge in [0.25, 0.3) is 5.91 Å². The molecule has 0 spiro atoms. The molecule has 32 heavy (non-hydrogen) atoms. The topological polar surface area (TPSA) is 107 Å². The van der Waals surface area contributed by atoms with Crippen LogP contribution in [-0.2, 0) is 0 Å². The fourth-order valence-electron chi connectivity index (χ4n) is 3.92. The van der Waals surface area contributed by atoms with E-state index in [0.717, 1.165) is 31.7 Å². The molecule has 0 aliphatic carbocycles. The van der Waals surface area contributed by atoms with Gasteiger partial charge in [0.05, 0.1) is 25.5 Å². The number of aryl methyl sites for hydroxylation is 1. The molecule has 1 amide bonds. The second kappa shape index (κ2) is 9.29. The molecule has 3 N–H and O–H groups in total. The summed E-state index contributed by atoms with van der Waals surface area (Å²) in [6.07, 6.45) is 7.15. The van der Waals surface area contributed by atoms with Gasteiger partial charge in [0, 0.05) is 40.7 Å². The first-order chi connectivity index (χ1) is 15.4. The molecule has 1 unspecified atom stereocenters. The van der Waals surface area contributed by atoms with E-state index in [4.69, 9.17) is 4.74 Å². The predicted molar refractivity (Wildman–Crippen MR) is 130 cm³/mol. The average molecular weight is 545 g/mol. The third-order valence-electron chi connectivity index (χ3n) is 5.64. The number of nitrogens with one attached hydrogen (secondary N) is 2. The third-order valence-corrected chi connectivity index (χ3v) is 6.46. The van der Waals surface area contributed by atoms with Crippen molar-refractivity contribution in [3.8, 4) is 16.9 Å². The van der Waals surface area contributed by atoms with E-state index >= 15 is 0 Å². The zero-order valence-corrected chi connectivity index (χ0v) is 20.0. The van der Waals surface area contributed by atoms with Crippen LogP contribution >= 0.6 is 22.6 Å². The molecular formula is C23H24IN5O3. The zero-order valence-electron chi connectivity index (χ0n) is 17.8. The number of rotatable bonds is 6. The minimum absolute atomic E-state index is 0.174. The van der Waals surface area contributed by atoms with Gasteiger partial charge in [0.2, 0.25) is 0 Å². The summed E-state index contributed by atoms with van der Waals surface area (Å²) in [6.45, 7) is 6.38. The lowest BCUT2D eigenvalue weighted by Gasteiger charge is -2.25. The molecule has 0 saturated carbocycles. The Hall–Kier alpha value is -2.92. The molecular weight excluding hydrogens is 521 g/mol. The van der Waals surface area contributed by atoms with E-state index in [1.807, 2.05) is 25.1 Å². The molecule has 3 aromatic rings. The summed E-state index contributed by atoms with van der Waals surface area (Å²) in [6, 6.07) is 5.04. The van der Waals surface area contributed by atoms with Crippen LogP contribution in [0, 0.1) is 10.6 Å². The van der Waals surface area contributed by atoms with Gasteiger partial charge in [-0.2, -0.15) is 10.2 Å². The van der Waals surface area contributed by atoms with Crippen molar-refractivity contribution in [2.45, 2.75) is 25.5 Å². The first kappa shape index (κ1) is 22.3. The predicted octanol–water partition coefficient (Wildman–Crippen LogP) is 3.57. The second-order valence-electron chi connectivity index (χ2n) is 7.73. The summed E-state index contributed by atoms with van der Waals surface area (Å²) < 4.78 is 6.39. The quantitative estimate of drug-likeness (QED) is 0.325. The number of aliphatic hydroxyl groups is 1. The molecule has 2 atom stereocenters. The van der Waals surface area contributed by atoms with Crippen LogP contribution < -0.4 is 4.74 Å². The summed E-state index contributed by atoms with van der Waals surface area (Å²) in [7, 11) is 1.57. The van der Waals surface area contributed by atoms with Gasteiger partial charge in [-0.25, -0.2) is 0 Å². The van der Waals surface area contributed by atoms with E-state index in [0.29, 0.717) is 17.7 Å². The number of hydrogen-bond acceptors (Lipinski definition) is 5. The molecule has 3 heterocycles. The van der Waals surface area contributed by atoms with Crippen molar-refractivity contribution in [2.24, 2.45) is 0 Å². The number of ether oxygens (including phenoxy) is 1. The number of carbonyl (C=O) groups is 1. The minimum atomic E-state index is -0.600. The van der Waals surface area contributed by atoms with Crippen LogP contribution in [0.3, 0.4) is 0 Å². The van der Waals surface area contributed by atoms with Gasteiger partial charge in [-0.05, 0) is 59.7 Å². The van der Waals surface area contributed by atoms with Gasteiger partial charge in [0.15, 0.2) is 0 Å². The highest BCUT2D eigenvalue weighted by Gasteiger charge is 2.36. The normalized spacial score (nSPS) is 18.4. The summed E-state index contributed by atoms with van der Waals surface area (Å²) in [5.74, 6) is 0.407. The van der Waals surface area contributed by atoms with E-state index in [-0.39, 0.29) is 18.5 Å². The van der Waals surface area contributed by atoms with Crippen LogP contribution in [0.2, 0.25) is 0 Å². The number of aromatic amines is 2. The number of halogens is 1. The number of nitrogens with zero attached hydrogens (tertiary/aromatic N) is 3. The number of aromatic nitrogens is 4. The fraction of sp³-hybridized carbons (Fsp3) is 0.261. The Bertz CT molecular complexity index is 1150. The highest BCUT2D eigenvalue weighted by Crippen LogP contribution is 2.32. The van der Waals surface area contributed by atoms with Crippen LogP contribution in [0.15, 0.2) is 48.8 Å². The van der Waals surface area contributed by atoms with Crippen LogP contribution in [0.25, 0.3) is 17.2 Å². The zero-order chi connectivity index (χ0) is 22.8. The molecule has 1 aromatic carbocycles. The van der Waals surface area contributed by atoms with E-state index < -0.39 is 6.10 Å². The molecule has 1 aliphatic rings. The van der Waals surface area contributed by atoms with Gasteiger partial charge in [-0.3, -0.25) is 15.0 Å². The number of carbonyl (C=O) groups excluding carboxylic acids is 1. The van der Waals surface area contributed by atoms with E-state index in [1.54, 1.807) is 36.5 Å². The minimum Gasteiger partial charge on any atom is -0.496 e. The highest BCUT2D eigenvalue weighted by atomic mass is 127. The summed E-state index contributed by atoms with van der Waals surface area (Å²) >= 11 is 2.17. The number of likely N-dealkylation sites (tertiary alicyclic amines) is 1. The lowest BCUT2D eigenvalue weighted by atomic mass is 10.0. The van der Waals surface area contributed by atoms with Gasteiger partial charge in [-0.1, -0.05) is 18.7 Å². The Kier molecular flexibility index (Phi) is 6.47. The summed E-state index contributed by atoms with van der Waals surface area (Å²) in [5, 5.41) is 24.2. The molecule has 0 bridgehead atoms. The Morgan fingerprint density at radius 3 is 2.91 bits per heavy atom. The molecule has 2 aromatic heterocycles. The molecule has 0 radical (unpaired) electrons. The summed E-state index contributed by atoms with van der Waals surface area (Å²) in [5.41, 5.74) is 4.91. The van der Waals surface area contributed by atoms with Crippen molar-refractivity contribution in [3.63, 3.8) is 0 Å². The number of methoxy groups -OCH3 is 1. The third kappa shape index (κ3) is 4.35. The molecule has 4 rings (SSSR count). The van der Waals surface area contributed by atoms with Crippen molar-refractivity contribution >= 4 is 34.6 Å². The number of aliphatic hydroxyl groups excluding tert-OH is 1. The van der Waals surface area contributed by atoms with Crippen molar-refractivity contribution in [3.05, 3.63) is 69.3 Å². The van der Waals surface area contributed by atoms with Crippen molar-refractivity contribution in [1.82, 2.24) is 25.3 Å². The second-order valence-corrected chi connectivity index (χ2v) is 8.75. The largest absolute Gasteiger partial charge is 0.496 e. The number of amides is 1. The van der Waals surface area contributed by atoms with Gasteiger partial charge < -0.3 is 14.7 Å². The highest BCUT2D eigenvalue weighted by molar-refractivity contribution is 14.1. The van der Waals surface area contributed by atoms with Crippen LogP contribution in [-0.4, -0.2) is 62.1 Å². The standard InChI is InChI=1S/C23H24IN5O3/c1-13(4-6-18-14(2)27-28-22(18)24)20-9-17(30)12-29(20)23(31)15-5-7-19(21(8-15)32-3)16-10-25-26-11-16/h4-8,10-11,17,20,30H,1,9,12H2,2-3H3,(H,25,26)(H,27,28)/b6-4-/t17?,20-/m1/s1. The van der Waals surface area contributed by atoms with Crippen LogP contribution in [0.5, 0.6) is 5.75 Å². The maximum absolute atomic E-state index is 13.4. The lowest BCUT2D eigenvalue weighted by molar-refractivity contribution is 0.0734. The Morgan fingerprint density at radius 1 is 1.44 bits per heavy atom. The Balaban J connectivity index is 1.57. The molecule has 9 heteroatoms. The molecule has 1 aliphatic heterocycles. The Morgan fingerprint density at radius 2 is 2.25 bits per heavy atom. The number of H-pyrrole nitrogens is 2.